The van der Waals surface area contributed by atoms with Crippen molar-refractivity contribution in [3.63, 3.8) is 0 Å². The van der Waals surface area contributed by atoms with E-state index in [0.29, 0.717) is 11.3 Å². The zero-order valence-electron chi connectivity index (χ0n) is 15.3. The van der Waals surface area contributed by atoms with Crippen LogP contribution in [0.5, 0.6) is 5.75 Å². The van der Waals surface area contributed by atoms with E-state index >= 15 is 0 Å². The van der Waals surface area contributed by atoms with Crippen LogP contribution in [0.3, 0.4) is 0 Å². The Labute approximate surface area is 152 Å². The van der Waals surface area contributed by atoms with Gasteiger partial charge in [-0.1, -0.05) is 18.2 Å². The third kappa shape index (κ3) is 3.33. The average molecular weight is 351 g/mol. The van der Waals surface area contributed by atoms with Gasteiger partial charge in [-0.3, -0.25) is 4.79 Å². The van der Waals surface area contributed by atoms with Crippen molar-refractivity contribution in [2.24, 2.45) is 5.41 Å². The van der Waals surface area contributed by atoms with Crippen LogP contribution in [0.25, 0.3) is 16.8 Å². The van der Waals surface area contributed by atoms with E-state index in [1.54, 1.807) is 12.1 Å². The first-order valence-corrected chi connectivity index (χ1v) is 8.32. The second kappa shape index (κ2) is 6.67. The van der Waals surface area contributed by atoms with E-state index in [1.165, 1.54) is 7.11 Å². The Morgan fingerprint density at radius 3 is 2.31 bits per heavy atom. The molecule has 0 unspecified atom stereocenters. The van der Waals surface area contributed by atoms with Crippen molar-refractivity contribution in [1.82, 2.24) is 4.40 Å². The van der Waals surface area contributed by atoms with Crippen molar-refractivity contribution < 1.29 is 19.1 Å². The molecule has 3 aromatic rings. The van der Waals surface area contributed by atoms with E-state index in [9.17, 15) is 9.59 Å². The van der Waals surface area contributed by atoms with Crippen LogP contribution >= 0.6 is 0 Å². The minimum absolute atomic E-state index is 0.305. The smallest absolute Gasteiger partial charge is 0.337 e. The lowest BCUT2D eigenvalue weighted by Gasteiger charge is -2.16. The van der Waals surface area contributed by atoms with E-state index < -0.39 is 11.4 Å². The van der Waals surface area contributed by atoms with Gasteiger partial charge in [0.05, 0.1) is 23.8 Å². The molecular formula is C21H21NO4. The maximum atomic E-state index is 12.4. The van der Waals surface area contributed by atoms with Gasteiger partial charge in [-0.05, 0) is 45.0 Å². The van der Waals surface area contributed by atoms with Crippen LogP contribution in [-0.2, 0) is 9.53 Å². The largest absolute Gasteiger partial charge is 0.465 e. The molecular weight excluding hydrogens is 330 g/mol. The molecule has 2 aromatic heterocycles. The minimum atomic E-state index is -0.611. The standard InChI is InChI=1S/C21H21NO4/c1-21(2,3)20(24)26-17-13-16-7-5-6-12-22(16)18(17)14-8-10-15(11-9-14)19(23)25-4/h5-13H,1-4H3. The molecule has 0 atom stereocenters. The van der Waals surface area contributed by atoms with Crippen LogP contribution < -0.4 is 4.74 Å². The summed E-state index contributed by atoms with van der Waals surface area (Å²) >= 11 is 0. The van der Waals surface area contributed by atoms with Crippen molar-refractivity contribution in [3.8, 4) is 17.0 Å². The molecule has 1 aromatic carbocycles. The van der Waals surface area contributed by atoms with Crippen molar-refractivity contribution >= 4 is 17.5 Å². The molecule has 3 rings (SSSR count). The summed E-state index contributed by atoms with van der Waals surface area (Å²) in [7, 11) is 1.35. The Hall–Kier alpha value is -3.08. The summed E-state index contributed by atoms with van der Waals surface area (Å²) in [5.41, 5.74) is 2.36. The Bertz CT molecular complexity index is 962. The van der Waals surface area contributed by atoms with Crippen molar-refractivity contribution in [3.05, 3.63) is 60.3 Å². The fraction of sp³-hybridized carbons (Fsp3) is 0.238. The number of hydrogen-bond donors (Lipinski definition) is 0. The van der Waals surface area contributed by atoms with Gasteiger partial charge in [0.25, 0.3) is 0 Å². The molecule has 0 radical (unpaired) electrons. The summed E-state index contributed by atoms with van der Waals surface area (Å²) in [6.45, 7) is 5.45. The van der Waals surface area contributed by atoms with Crippen LogP contribution in [-0.4, -0.2) is 23.4 Å². The predicted octanol–water partition coefficient (Wildman–Crippen LogP) is 4.34. The number of fused-ring (bicyclic) bond motifs is 1. The molecule has 26 heavy (non-hydrogen) atoms. The van der Waals surface area contributed by atoms with Gasteiger partial charge in [0.2, 0.25) is 0 Å². The van der Waals surface area contributed by atoms with Crippen LogP contribution in [0, 0.1) is 5.41 Å². The van der Waals surface area contributed by atoms with Gasteiger partial charge < -0.3 is 13.9 Å². The van der Waals surface area contributed by atoms with Gasteiger partial charge in [-0.25, -0.2) is 4.79 Å². The molecule has 0 aliphatic rings. The highest BCUT2D eigenvalue weighted by Gasteiger charge is 2.26. The van der Waals surface area contributed by atoms with Crippen LogP contribution in [0.2, 0.25) is 0 Å². The summed E-state index contributed by atoms with van der Waals surface area (Å²) < 4.78 is 12.4. The summed E-state index contributed by atoms with van der Waals surface area (Å²) in [6, 6.07) is 14.6. The molecule has 0 aliphatic carbocycles. The van der Waals surface area contributed by atoms with Crippen molar-refractivity contribution in [2.45, 2.75) is 20.8 Å². The number of pyridine rings is 1. The highest BCUT2D eigenvalue weighted by molar-refractivity contribution is 5.90. The first-order chi connectivity index (χ1) is 12.3. The van der Waals surface area contributed by atoms with Crippen molar-refractivity contribution in [2.75, 3.05) is 7.11 Å². The van der Waals surface area contributed by atoms with Crippen LogP contribution in [0.15, 0.2) is 54.7 Å². The Morgan fingerprint density at radius 2 is 1.69 bits per heavy atom. The molecule has 0 N–H and O–H groups in total. The number of benzene rings is 1. The van der Waals surface area contributed by atoms with Crippen molar-refractivity contribution in [1.29, 1.82) is 0 Å². The van der Waals surface area contributed by atoms with Gasteiger partial charge in [0.15, 0.2) is 5.75 Å². The third-order valence-corrected chi connectivity index (χ3v) is 4.04. The first-order valence-electron chi connectivity index (χ1n) is 8.32. The van der Waals surface area contributed by atoms with E-state index in [1.807, 2.05) is 67.8 Å². The summed E-state index contributed by atoms with van der Waals surface area (Å²) in [4.78, 5) is 24.0. The van der Waals surface area contributed by atoms with Gasteiger partial charge in [-0.2, -0.15) is 0 Å². The molecule has 134 valence electrons. The topological polar surface area (TPSA) is 57.0 Å². The fourth-order valence-corrected chi connectivity index (χ4v) is 2.59. The number of ether oxygens (including phenoxy) is 2. The molecule has 5 heteroatoms. The Kier molecular flexibility index (Phi) is 4.55. The number of carbonyl (C=O) groups is 2. The van der Waals surface area contributed by atoms with Crippen LogP contribution in [0.4, 0.5) is 0 Å². The monoisotopic (exact) mass is 351 g/mol. The Morgan fingerprint density at radius 1 is 1.00 bits per heavy atom. The first kappa shape index (κ1) is 17.7. The molecule has 0 aliphatic heterocycles. The molecule has 0 saturated heterocycles. The number of hydrogen-bond acceptors (Lipinski definition) is 4. The second-order valence-corrected chi connectivity index (χ2v) is 7.06. The van der Waals surface area contributed by atoms with Crippen LogP contribution in [0.1, 0.15) is 31.1 Å². The number of aromatic nitrogens is 1. The lowest BCUT2D eigenvalue weighted by atomic mass is 9.97. The van der Waals surface area contributed by atoms with E-state index in [2.05, 4.69) is 0 Å². The molecule has 0 fully saturated rings. The fourth-order valence-electron chi connectivity index (χ4n) is 2.59. The molecule has 0 bridgehead atoms. The third-order valence-electron chi connectivity index (χ3n) is 4.04. The van der Waals surface area contributed by atoms with Gasteiger partial charge in [0, 0.05) is 23.3 Å². The summed E-state index contributed by atoms with van der Waals surface area (Å²) in [5, 5.41) is 0. The Balaban J connectivity index is 2.10. The molecule has 0 saturated carbocycles. The molecule has 0 spiro atoms. The number of methoxy groups -OCH3 is 1. The summed E-state index contributed by atoms with van der Waals surface area (Å²) in [5.74, 6) is -0.210. The van der Waals surface area contributed by atoms with Gasteiger partial charge in [0.1, 0.15) is 0 Å². The predicted molar refractivity (Wildman–Crippen MR) is 99.3 cm³/mol. The van der Waals surface area contributed by atoms with E-state index in [4.69, 9.17) is 9.47 Å². The zero-order valence-corrected chi connectivity index (χ0v) is 15.3. The lowest BCUT2D eigenvalue weighted by Crippen LogP contribution is -2.25. The van der Waals surface area contributed by atoms with E-state index in [-0.39, 0.29) is 5.97 Å². The second-order valence-electron chi connectivity index (χ2n) is 7.06. The summed E-state index contributed by atoms with van der Waals surface area (Å²) in [6.07, 6.45) is 1.91. The van der Waals surface area contributed by atoms with E-state index in [0.717, 1.165) is 16.8 Å². The maximum Gasteiger partial charge on any atom is 0.337 e. The molecule has 0 amide bonds. The SMILES string of the molecule is COC(=O)c1ccc(-c2c(OC(=O)C(C)(C)C)cc3ccccn23)cc1. The normalized spacial score (nSPS) is 11.4. The number of nitrogens with zero attached hydrogens (tertiary/aromatic N) is 1. The van der Waals surface area contributed by atoms with Gasteiger partial charge >= 0.3 is 11.9 Å². The number of esters is 2. The average Bonchev–Trinajstić information content (AvgIpc) is 2.98. The number of carbonyl (C=O) groups excluding carboxylic acids is 2. The molecule has 2 heterocycles. The highest BCUT2D eigenvalue weighted by Crippen LogP contribution is 2.35. The number of rotatable bonds is 3. The molecule has 5 nitrogen and oxygen atoms in total. The quantitative estimate of drug-likeness (QED) is 0.659. The highest BCUT2D eigenvalue weighted by atomic mass is 16.5. The zero-order chi connectivity index (χ0) is 18.9. The van der Waals surface area contributed by atoms with Gasteiger partial charge in [-0.15, -0.1) is 0 Å². The lowest BCUT2D eigenvalue weighted by molar-refractivity contribution is -0.142. The minimum Gasteiger partial charge on any atom is -0.465 e. The maximum absolute atomic E-state index is 12.4.